The molecule has 12 heteroatoms. The van der Waals surface area contributed by atoms with Crippen molar-refractivity contribution in [2.75, 3.05) is 10.6 Å². The van der Waals surface area contributed by atoms with Crippen molar-refractivity contribution < 1.29 is 23.3 Å². The van der Waals surface area contributed by atoms with Gasteiger partial charge in [0.15, 0.2) is 0 Å². The van der Waals surface area contributed by atoms with E-state index >= 15 is 0 Å². The van der Waals surface area contributed by atoms with Crippen molar-refractivity contribution >= 4 is 68.2 Å². The molecule has 0 radical (unpaired) electrons. The monoisotopic (exact) mass is 672 g/mol. The van der Waals surface area contributed by atoms with Crippen molar-refractivity contribution in [1.29, 1.82) is 0 Å². The topological polar surface area (TPSA) is 126 Å². The number of hydrogen-bond donors (Lipinski definition) is 3. The summed E-state index contributed by atoms with van der Waals surface area (Å²) >= 11 is 12.0. The molecule has 4 aromatic carbocycles. The fourth-order valence-electron chi connectivity index (χ4n) is 4.38. The summed E-state index contributed by atoms with van der Waals surface area (Å²) in [4.78, 5) is 43.0. The highest BCUT2D eigenvalue weighted by atomic mass is 35.5. The first-order chi connectivity index (χ1) is 22.1. The van der Waals surface area contributed by atoms with E-state index in [1.165, 1.54) is 18.3 Å². The van der Waals surface area contributed by atoms with Crippen molar-refractivity contribution in [3.05, 3.63) is 142 Å². The molecule has 0 aliphatic carbocycles. The molecule has 1 aromatic heterocycles. The number of benzene rings is 4. The molecule has 0 fully saturated rings. The number of carbonyl (C=O) groups excluding carboxylic acids is 3. The largest absolute Gasteiger partial charge is 0.444 e. The van der Waals surface area contributed by atoms with Crippen LogP contribution in [0.15, 0.2) is 120 Å². The van der Waals surface area contributed by atoms with Gasteiger partial charge in [-0.05, 0) is 71.1 Å². The summed E-state index contributed by atoms with van der Waals surface area (Å²) in [6.07, 6.45) is 0.526. The van der Waals surface area contributed by atoms with Gasteiger partial charge in [0.05, 0.1) is 30.9 Å². The van der Waals surface area contributed by atoms with Crippen molar-refractivity contribution in [2.24, 2.45) is 0 Å². The Morgan fingerprint density at radius 1 is 0.783 bits per heavy atom. The quantitative estimate of drug-likeness (QED) is 0.139. The van der Waals surface area contributed by atoms with Gasteiger partial charge in [0.2, 0.25) is 0 Å². The summed E-state index contributed by atoms with van der Waals surface area (Å²) in [7, 11) is -3.31. The molecule has 5 aromatic rings. The molecule has 0 aliphatic rings. The van der Waals surface area contributed by atoms with E-state index < -0.39 is 27.6 Å². The molecule has 0 spiro atoms. The number of rotatable bonds is 9. The van der Waals surface area contributed by atoms with Gasteiger partial charge in [-0.25, -0.2) is 18.7 Å². The van der Waals surface area contributed by atoms with E-state index in [1.54, 1.807) is 78.9 Å². The van der Waals surface area contributed by atoms with E-state index in [-0.39, 0.29) is 28.6 Å². The number of nitrogens with one attached hydrogen (secondary N) is 3. The Bertz CT molecular complexity index is 2000. The number of halogens is 2. The molecule has 1 atom stereocenters. The molecular formula is C34H26Cl2N4O5S. The van der Waals surface area contributed by atoms with Crippen LogP contribution in [0.3, 0.4) is 0 Å². The van der Waals surface area contributed by atoms with E-state index in [2.05, 4.69) is 26.2 Å². The Kier molecular flexibility index (Phi) is 10.0. The first-order valence-electron chi connectivity index (χ1n) is 13.7. The second-order valence-corrected chi connectivity index (χ2v) is 12.7. The lowest BCUT2D eigenvalue weighted by molar-refractivity contribution is 0.102. The minimum atomic E-state index is -3.31. The SMILES string of the molecule is C=S(=O)(NC(=O)OCc1ccccc1)c1ccccc1-c1ccc(C(=O)Nc2ccc(Cl)cc2C(=O)Nc2ccc(Cl)cn2)cc1. The number of amides is 3. The van der Waals surface area contributed by atoms with Crippen LogP contribution >= 0.6 is 23.2 Å². The number of anilines is 2. The third-order valence-corrected chi connectivity index (χ3v) is 8.63. The molecule has 1 heterocycles. The third-order valence-electron chi connectivity index (χ3n) is 6.60. The second kappa shape index (κ2) is 14.3. The van der Waals surface area contributed by atoms with Crippen LogP contribution in [0.5, 0.6) is 0 Å². The van der Waals surface area contributed by atoms with Gasteiger partial charge in [-0.1, -0.05) is 83.9 Å². The number of aromatic nitrogens is 1. The fourth-order valence-corrected chi connectivity index (χ4v) is 5.94. The molecule has 5 rings (SSSR count). The van der Waals surface area contributed by atoms with Crippen molar-refractivity contribution in [1.82, 2.24) is 9.71 Å². The van der Waals surface area contributed by atoms with Crippen LogP contribution in [0.1, 0.15) is 26.3 Å². The maximum atomic E-state index is 13.6. The van der Waals surface area contributed by atoms with Crippen LogP contribution in [-0.4, -0.2) is 33.0 Å². The summed E-state index contributed by atoms with van der Waals surface area (Å²) in [6, 6.07) is 30.1. The molecule has 0 aliphatic heterocycles. The Balaban J connectivity index is 1.30. The summed E-state index contributed by atoms with van der Waals surface area (Å²) in [6.45, 7) is 0.00904. The summed E-state index contributed by atoms with van der Waals surface area (Å²) in [5, 5.41) is 6.12. The molecule has 46 heavy (non-hydrogen) atoms. The third kappa shape index (κ3) is 8.10. The lowest BCUT2D eigenvalue weighted by atomic mass is 10.0. The van der Waals surface area contributed by atoms with Crippen molar-refractivity contribution in [2.45, 2.75) is 11.5 Å². The maximum Gasteiger partial charge on any atom is 0.419 e. The highest BCUT2D eigenvalue weighted by Crippen LogP contribution is 2.28. The standard InChI is InChI=1S/C34H26Cl2N4O5S/c1-46(44,40-34(43)45-21-22-7-3-2-4-8-22)30-10-6-5-9-27(30)23-11-13-24(14-12-23)32(41)38-29-17-15-25(35)19-28(29)33(42)39-31-18-16-26(36)20-37-31/h2-20H,1,21H2,(H,38,41)(H,37,39,42)(H,40,43,44). The van der Waals surface area contributed by atoms with Gasteiger partial charge in [-0.15, -0.1) is 0 Å². The van der Waals surface area contributed by atoms with Gasteiger partial charge < -0.3 is 15.4 Å². The second-order valence-electron chi connectivity index (χ2n) is 9.87. The minimum absolute atomic E-state index is 0.00904. The average molecular weight is 674 g/mol. The molecule has 3 amide bonds. The molecule has 1 unspecified atom stereocenters. The van der Waals surface area contributed by atoms with Crippen molar-refractivity contribution in [3.63, 3.8) is 0 Å². The van der Waals surface area contributed by atoms with Crippen LogP contribution < -0.4 is 15.4 Å². The van der Waals surface area contributed by atoms with Gasteiger partial charge >= 0.3 is 6.09 Å². The van der Waals surface area contributed by atoms with Crippen LogP contribution in [0.4, 0.5) is 16.3 Å². The normalized spacial score (nSPS) is 12.0. The van der Waals surface area contributed by atoms with E-state index in [0.717, 1.165) is 5.56 Å². The molecule has 232 valence electrons. The fraction of sp³-hybridized carbons (Fsp3) is 0.0294. The van der Waals surface area contributed by atoms with E-state index in [0.29, 0.717) is 26.7 Å². The van der Waals surface area contributed by atoms with E-state index in [4.69, 9.17) is 27.9 Å². The Morgan fingerprint density at radius 2 is 1.48 bits per heavy atom. The van der Waals surface area contributed by atoms with Gasteiger partial charge in [-0.2, -0.15) is 0 Å². The maximum absolute atomic E-state index is 13.6. The van der Waals surface area contributed by atoms with E-state index in [9.17, 15) is 18.6 Å². The number of ether oxygens (including phenoxy) is 1. The molecule has 0 saturated heterocycles. The lowest BCUT2D eigenvalue weighted by Gasteiger charge is -2.16. The van der Waals surface area contributed by atoms with Gasteiger partial charge in [0.25, 0.3) is 11.8 Å². The molecule has 0 bridgehead atoms. The number of pyridine rings is 1. The van der Waals surface area contributed by atoms with Crippen LogP contribution in [-0.2, 0) is 21.1 Å². The molecule has 3 N–H and O–H groups in total. The average Bonchev–Trinajstić information content (AvgIpc) is 3.06. The molecule has 0 saturated carbocycles. The number of nitrogens with zero attached hydrogens (tertiary/aromatic N) is 1. The lowest BCUT2D eigenvalue weighted by Crippen LogP contribution is -2.31. The summed E-state index contributed by atoms with van der Waals surface area (Å²) < 4.78 is 21.2. The zero-order valence-corrected chi connectivity index (χ0v) is 26.4. The Morgan fingerprint density at radius 3 is 2.20 bits per heavy atom. The zero-order valence-electron chi connectivity index (χ0n) is 24.0. The predicted molar refractivity (Wildman–Crippen MR) is 182 cm³/mol. The van der Waals surface area contributed by atoms with Gasteiger partial charge in [0, 0.05) is 16.8 Å². The number of hydrogen-bond acceptors (Lipinski definition) is 6. The predicted octanol–water partition coefficient (Wildman–Crippen LogP) is 7.48. The zero-order chi connectivity index (χ0) is 32.7. The Hall–Kier alpha value is -5.16. The van der Waals surface area contributed by atoms with Crippen LogP contribution in [0.25, 0.3) is 11.1 Å². The molecular weight excluding hydrogens is 647 g/mol. The van der Waals surface area contributed by atoms with Crippen molar-refractivity contribution in [3.8, 4) is 11.1 Å². The minimum Gasteiger partial charge on any atom is -0.444 e. The first kappa shape index (κ1) is 32.2. The first-order valence-corrected chi connectivity index (χ1v) is 16.2. The molecule has 9 nitrogen and oxygen atoms in total. The highest BCUT2D eigenvalue weighted by molar-refractivity contribution is 7.99. The Labute approximate surface area is 275 Å². The van der Waals surface area contributed by atoms with Crippen LogP contribution in [0.2, 0.25) is 10.0 Å². The smallest absolute Gasteiger partial charge is 0.419 e. The van der Waals surface area contributed by atoms with Gasteiger partial charge in [-0.3, -0.25) is 9.59 Å². The van der Waals surface area contributed by atoms with E-state index in [1.807, 2.05) is 18.2 Å². The summed E-state index contributed by atoms with van der Waals surface area (Å²) in [5.74, 6) is 3.03. The highest BCUT2D eigenvalue weighted by Gasteiger charge is 2.19. The summed E-state index contributed by atoms with van der Waals surface area (Å²) in [5.41, 5.74) is 2.61. The van der Waals surface area contributed by atoms with Crippen LogP contribution in [0, 0.1) is 0 Å². The number of carbonyl (C=O) groups is 3. The van der Waals surface area contributed by atoms with Gasteiger partial charge in [0.1, 0.15) is 12.4 Å².